The van der Waals surface area contributed by atoms with Crippen LogP contribution < -0.4 is 15.8 Å². The van der Waals surface area contributed by atoms with Gasteiger partial charge in [-0.3, -0.25) is 10.2 Å². The summed E-state index contributed by atoms with van der Waals surface area (Å²) >= 11 is 0. The maximum Gasteiger partial charge on any atom is 0.287 e. The van der Waals surface area contributed by atoms with Crippen LogP contribution in [0.1, 0.15) is 40.3 Å². The van der Waals surface area contributed by atoms with Crippen molar-refractivity contribution in [3.8, 4) is 5.75 Å². The molecule has 1 atom stereocenters. The maximum atomic E-state index is 12.7. The van der Waals surface area contributed by atoms with E-state index in [1.165, 1.54) is 0 Å². The number of methoxy groups -OCH3 is 1. The molecule has 3 aromatic carbocycles. The lowest BCUT2D eigenvalue weighted by Crippen LogP contribution is -2.27. The van der Waals surface area contributed by atoms with Gasteiger partial charge in [-0.05, 0) is 48.9 Å². The molecule has 0 spiro atoms. The Balaban J connectivity index is 1.59. The molecule has 0 aliphatic rings. The molecule has 4 aromatic rings. The van der Waals surface area contributed by atoms with Crippen molar-refractivity contribution in [2.24, 2.45) is 0 Å². The number of rotatable bonds is 6. The second kappa shape index (κ2) is 8.31. The minimum absolute atomic E-state index is 0.161. The summed E-state index contributed by atoms with van der Waals surface area (Å²) in [7, 11) is 1.60. The van der Waals surface area contributed by atoms with Gasteiger partial charge in [0, 0.05) is 16.8 Å². The first-order chi connectivity index (χ1) is 15.0. The minimum atomic E-state index is -0.307. The third-order valence-corrected chi connectivity index (χ3v) is 5.16. The lowest BCUT2D eigenvalue weighted by atomic mass is 10.0. The zero-order chi connectivity index (χ0) is 22.0. The number of nitrogens with two attached hydrogens (primary N) is 1. The fourth-order valence-electron chi connectivity index (χ4n) is 3.40. The summed E-state index contributed by atoms with van der Waals surface area (Å²) < 4.78 is 5.17. The molecule has 1 unspecified atom stereocenters. The molecule has 0 radical (unpaired) electrons. The molecule has 156 valence electrons. The van der Waals surface area contributed by atoms with E-state index in [4.69, 9.17) is 15.9 Å². The third-order valence-electron chi connectivity index (χ3n) is 5.16. The van der Waals surface area contributed by atoms with Gasteiger partial charge in [-0.15, -0.1) is 0 Å². The van der Waals surface area contributed by atoms with Crippen LogP contribution in [-0.2, 0) is 0 Å². The van der Waals surface area contributed by atoms with Crippen LogP contribution >= 0.6 is 0 Å². The second-order valence-corrected chi connectivity index (χ2v) is 7.25. The molecular weight excluding hydrogens is 390 g/mol. The number of carbonyl (C=O) groups excluding carboxylic acids is 1. The van der Waals surface area contributed by atoms with Gasteiger partial charge in [0.05, 0.1) is 29.9 Å². The summed E-state index contributed by atoms with van der Waals surface area (Å²) in [6, 6.07) is 20.2. The quantitative estimate of drug-likeness (QED) is 0.282. The van der Waals surface area contributed by atoms with Gasteiger partial charge in [-0.1, -0.05) is 30.3 Å². The number of aromatic nitrogens is 2. The molecule has 0 saturated carbocycles. The zero-order valence-electron chi connectivity index (χ0n) is 17.3. The van der Waals surface area contributed by atoms with Crippen molar-refractivity contribution < 1.29 is 9.53 Å². The summed E-state index contributed by atoms with van der Waals surface area (Å²) in [5.74, 6) is 0.607. The van der Waals surface area contributed by atoms with Crippen molar-refractivity contribution in [2.45, 2.75) is 13.0 Å². The first-order valence-corrected chi connectivity index (χ1v) is 9.84. The molecule has 0 saturated heterocycles. The Hall–Kier alpha value is -4.13. The third kappa shape index (κ3) is 4.11. The van der Waals surface area contributed by atoms with Crippen molar-refractivity contribution in [3.63, 3.8) is 0 Å². The fraction of sp³-hybridized carbons (Fsp3) is 0.125. The highest BCUT2D eigenvalue weighted by Crippen LogP contribution is 2.24. The van der Waals surface area contributed by atoms with Crippen LogP contribution in [0.2, 0.25) is 0 Å². The highest BCUT2D eigenvalue weighted by atomic mass is 16.5. The largest absolute Gasteiger partial charge is 0.497 e. The van der Waals surface area contributed by atoms with Crippen molar-refractivity contribution in [2.75, 3.05) is 12.8 Å². The Morgan fingerprint density at radius 2 is 1.84 bits per heavy atom. The molecule has 1 amide bonds. The van der Waals surface area contributed by atoms with Gasteiger partial charge >= 0.3 is 0 Å². The summed E-state index contributed by atoms with van der Waals surface area (Å²) in [5.41, 5.74) is 10.4. The van der Waals surface area contributed by atoms with Crippen molar-refractivity contribution in [1.29, 1.82) is 5.41 Å². The van der Waals surface area contributed by atoms with Gasteiger partial charge in [0.15, 0.2) is 5.82 Å². The monoisotopic (exact) mass is 413 g/mol. The number of imidazole rings is 1. The van der Waals surface area contributed by atoms with Gasteiger partial charge in [-0.2, -0.15) is 0 Å². The average molecular weight is 413 g/mol. The van der Waals surface area contributed by atoms with Gasteiger partial charge in [0.2, 0.25) is 0 Å². The molecule has 0 bridgehead atoms. The van der Waals surface area contributed by atoms with Crippen LogP contribution in [-0.4, -0.2) is 28.7 Å². The normalized spacial score (nSPS) is 11.8. The molecule has 0 fully saturated rings. The smallest absolute Gasteiger partial charge is 0.287 e. The Labute approximate surface area is 179 Å². The maximum absolute atomic E-state index is 12.7. The van der Waals surface area contributed by atoms with E-state index in [1.54, 1.807) is 43.5 Å². The number of benzene rings is 3. The zero-order valence-corrected chi connectivity index (χ0v) is 17.3. The molecule has 31 heavy (non-hydrogen) atoms. The van der Waals surface area contributed by atoms with Gasteiger partial charge in [-0.25, -0.2) is 4.98 Å². The second-order valence-electron chi connectivity index (χ2n) is 7.25. The number of amides is 1. The molecule has 1 heterocycles. The number of H-pyrrole nitrogens is 1. The fourth-order valence-corrected chi connectivity index (χ4v) is 3.40. The van der Waals surface area contributed by atoms with Crippen molar-refractivity contribution in [1.82, 2.24) is 15.3 Å². The van der Waals surface area contributed by atoms with Gasteiger partial charge < -0.3 is 20.8 Å². The van der Waals surface area contributed by atoms with Crippen LogP contribution in [0.5, 0.6) is 5.75 Å². The summed E-state index contributed by atoms with van der Waals surface area (Å²) in [5, 5.41) is 11.5. The van der Waals surface area contributed by atoms with E-state index in [9.17, 15) is 4.79 Å². The van der Waals surface area contributed by atoms with Crippen molar-refractivity contribution in [3.05, 3.63) is 89.2 Å². The van der Waals surface area contributed by atoms with Crippen LogP contribution in [0, 0.1) is 5.41 Å². The number of ether oxygens (including phenoxy) is 1. The summed E-state index contributed by atoms with van der Waals surface area (Å²) in [4.78, 5) is 20.1. The van der Waals surface area contributed by atoms with Crippen LogP contribution in [0.15, 0.2) is 66.7 Å². The number of carbonyl (C=O) groups is 1. The molecular formula is C24H23N5O2. The van der Waals surface area contributed by atoms with E-state index in [0.29, 0.717) is 33.6 Å². The molecule has 0 aliphatic heterocycles. The van der Waals surface area contributed by atoms with Crippen LogP contribution in [0.3, 0.4) is 0 Å². The van der Waals surface area contributed by atoms with Crippen LogP contribution in [0.25, 0.3) is 11.0 Å². The minimum Gasteiger partial charge on any atom is -0.497 e. The lowest BCUT2D eigenvalue weighted by Gasteiger charge is -2.12. The van der Waals surface area contributed by atoms with E-state index in [2.05, 4.69) is 15.3 Å². The topological polar surface area (TPSA) is 117 Å². The first kappa shape index (κ1) is 20.2. The highest BCUT2D eigenvalue weighted by molar-refractivity contribution is 6.15. The average Bonchev–Trinajstić information content (AvgIpc) is 3.21. The molecule has 1 aromatic heterocycles. The Morgan fingerprint density at radius 3 is 2.52 bits per heavy atom. The summed E-state index contributed by atoms with van der Waals surface area (Å²) in [6.45, 7) is 1.92. The number of nitrogen functional groups attached to an aromatic ring is 1. The predicted octanol–water partition coefficient (Wildman–Crippen LogP) is 4.06. The standard InChI is InChI=1S/C24H23N5O2/c1-14(15-6-4-3-5-7-15)27-24(30)23-28-20-12-18(19(25)13-21(20)29-23)22(26)16-8-10-17(31-2)11-9-16/h3-14,26H,25H2,1-2H3,(H,27,30)(H,28,29). The number of fused-ring (bicyclic) bond motifs is 1. The Kier molecular flexibility index (Phi) is 5.41. The number of hydrogen-bond donors (Lipinski definition) is 4. The Morgan fingerprint density at radius 1 is 1.13 bits per heavy atom. The molecule has 0 aliphatic carbocycles. The molecule has 7 heteroatoms. The van der Waals surface area contributed by atoms with E-state index >= 15 is 0 Å². The van der Waals surface area contributed by atoms with E-state index in [0.717, 1.165) is 5.56 Å². The first-order valence-electron chi connectivity index (χ1n) is 9.84. The van der Waals surface area contributed by atoms with Crippen LogP contribution in [0.4, 0.5) is 5.69 Å². The lowest BCUT2D eigenvalue weighted by molar-refractivity contribution is 0.0930. The van der Waals surface area contributed by atoms with Crippen molar-refractivity contribution >= 4 is 28.3 Å². The van der Waals surface area contributed by atoms with E-state index in [-0.39, 0.29) is 23.5 Å². The SMILES string of the molecule is COc1ccc(C(=N)c2cc3nc(C(=O)NC(C)c4ccccc4)[nH]c3cc2N)cc1. The molecule has 4 rings (SSSR count). The van der Waals surface area contributed by atoms with E-state index in [1.807, 2.05) is 37.3 Å². The predicted molar refractivity (Wildman–Crippen MR) is 122 cm³/mol. The highest BCUT2D eigenvalue weighted by Gasteiger charge is 2.17. The van der Waals surface area contributed by atoms with Gasteiger partial charge in [0.1, 0.15) is 5.75 Å². The van der Waals surface area contributed by atoms with Gasteiger partial charge in [0.25, 0.3) is 5.91 Å². The Bertz CT molecular complexity index is 1250. The number of nitrogens with one attached hydrogen (secondary N) is 3. The summed E-state index contributed by atoms with van der Waals surface area (Å²) in [6.07, 6.45) is 0. The number of aromatic amines is 1. The molecule has 5 N–H and O–H groups in total. The number of anilines is 1. The number of nitrogens with zero attached hydrogens (tertiary/aromatic N) is 1. The number of hydrogen-bond acceptors (Lipinski definition) is 5. The van der Waals surface area contributed by atoms with E-state index < -0.39 is 0 Å². The molecule has 7 nitrogen and oxygen atoms in total.